The molecule has 0 aliphatic carbocycles. The van der Waals surface area contributed by atoms with E-state index >= 15 is 0 Å². The summed E-state index contributed by atoms with van der Waals surface area (Å²) < 4.78 is 5.33. The van der Waals surface area contributed by atoms with Crippen molar-refractivity contribution in [1.82, 2.24) is 25.2 Å². The number of carbonyl (C=O) groups excluding carboxylic acids is 1. The molecule has 1 aromatic carbocycles. The predicted molar refractivity (Wildman–Crippen MR) is 107 cm³/mol. The van der Waals surface area contributed by atoms with Gasteiger partial charge in [0.25, 0.3) is 0 Å². The molecular weight excluding hydrogens is 398 g/mol. The van der Waals surface area contributed by atoms with E-state index in [9.17, 15) is 4.79 Å². The van der Waals surface area contributed by atoms with Crippen LogP contribution in [0, 0.1) is 13.8 Å². The summed E-state index contributed by atoms with van der Waals surface area (Å²) >= 11 is 7.79. The summed E-state index contributed by atoms with van der Waals surface area (Å²) in [5.74, 6) is 0.00150. The van der Waals surface area contributed by atoms with Crippen molar-refractivity contribution >= 4 is 39.8 Å². The highest BCUT2D eigenvalue weighted by Gasteiger charge is 2.13. The van der Waals surface area contributed by atoms with E-state index in [2.05, 4.69) is 20.4 Å². The molecule has 0 radical (unpaired) electrons. The number of thiophene rings is 1. The number of ether oxygens (including phenoxy) is 1. The minimum Gasteiger partial charge on any atom is -0.459 e. The molecule has 0 saturated carbocycles. The second-order valence-corrected chi connectivity index (χ2v) is 7.60. The lowest BCUT2D eigenvalue weighted by atomic mass is 10.0. The number of tetrazole rings is 1. The van der Waals surface area contributed by atoms with Gasteiger partial charge in [-0.25, -0.2) is 9.78 Å². The maximum Gasteiger partial charge on any atom is 0.330 e. The third-order valence-electron chi connectivity index (χ3n) is 4.39. The third-order valence-corrected chi connectivity index (χ3v) is 5.58. The molecule has 3 heterocycles. The number of aryl methyl sites for hydroxylation is 2. The number of carbonyl (C=O) groups is 1. The predicted octanol–water partition coefficient (Wildman–Crippen LogP) is 3.96. The zero-order chi connectivity index (χ0) is 19.7. The summed E-state index contributed by atoms with van der Waals surface area (Å²) in [5.41, 5.74) is 3.74. The molecule has 0 amide bonds. The van der Waals surface area contributed by atoms with E-state index in [4.69, 9.17) is 16.3 Å². The number of hydrogen-bond donors (Lipinski definition) is 0. The second kappa shape index (κ2) is 7.65. The van der Waals surface area contributed by atoms with Crippen LogP contribution in [0.3, 0.4) is 0 Å². The summed E-state index contributed by atoms with van der Waals surface area (Å²) in [6, 6.07) is 9.71. The minimum absolute atomic E-state index is 0.0278. The summed E-state index contributed by atoms with van der Waals surface area (Å²) in [4.78, 5) is 18.7. The van der Waals surface area contributed by atoms with E-state index in [1.165, 1.54) is 16.1 Å². The maximum atomic E-state index is 12.1. The van der Waals surface area contributed by atoms with Gasteiger partial charge < -0.3 is 4.74 Å². The lowest BCUT2D eigenvalue weighted by Gasteiger charge is -2.10. The molecule has 7 nitrogen and oxygen atoms in total. The molecule has 0 fully saturated rings. The molecule has 0 saturated heterocycles. The van der Waals surface area contributed by atoms with Crippen molar-refractivity contribution in [2.75, 3.05) is 0 Å². The number of aromatic nitrogens is 5. The topological polar surface area (TPSA) is 82.8 Å². The Morgan fingerprint density at radius 3 is 2.93 bits per heavy atom. The van der Waals surface area contributed by atoms with Crippen LogP contribution in [0.25, 0.3) is 21.6 Å². The molecule has 0 spiro atoms. The van der Waals surface area contributed by atoms with Gasteiger partial charge in [-0.3, -0.25) is 0 Å². The highest BCUT2D eigenvalue weighted by molar-refractivity contribution is 7.13. The molecule has 0 aliphatic heterocycles. The molecule has 0 aliphatic rings. The van der Waals surface area contributed by atoms with E-state index in [1.54, 1.807) is 0 Å². The molecule has 142 valence electrons. The van der Waals surface area contributed by atoms with Gasteiger partial charge >= 0.3 is 5.97 Å². The maximum absolute atomic E-state index is 12.1. The molecule has 28 heavy (non-hydrogen) atoms. The van der Waals surface area contributed by atoms with Gasteiger partial charge in [-0.05, 0) is 47.7 Å². The van der Waals surface area contributed by atoms with Crippen LogP contribution in [0.1, 0.15) is 16.7 Å². The van der Waals surface area contributed by atoms with Crippen molar-refractivity contribution in [1.29, 1.82) is 0 Å². The number of fused-ring (bicyclic) bond motifs is 1. The van der Waals surface area contributed by atoms with Crippen LogP contribution in [-0.4, -0.2) is 31.2 Å². The monoisotopic (exact) mass is 413 g/mol. The Morgan fingerprint density at radius 2 is 2.14 bits per heavy atom. The minimum atomic E-state index is -0.480. The summed E-state index contributed by atoms with van der Waals surface area (Å²) in [6.07, 6.45) is 0. The van der Waals surface area contributed by atoms with Crippen LogP contribution in [0.4, 0.5) is 0 Å². The molecule has 0 N–H and O–H groups in total. The van der Waals surface area contributed by atoms with E-state index in [-0.39, 0.29) is 13.2 Å². The summed E-state index contributed by atoms with van der Waals surface area (Å²) in [6.45, 7) is 3.94. The van der Waals surface area contributed by atoms with Crippen LogP contribution in [-0.2, 0) is 22.7 Å². The normalized spacial score (nSPS) is 11.1. The van der Waals surface area contributed by atoms with Crippen molar-refractivity contribution in [3.8, 4) is 10.7 Å². The number of rotatable bonds is 5. The van der Waals surface area contributed by atoms with Gasteiger partial charge in [-0.2, -0.15) is 4.80 Å². The summed E-state index contributed by atoms with van der Waals surface area (Å²) in [5, 5.41) is 15.2. The molecule has 0 bridgehead atoms. The molecule has 4 aromatic rings. The van der Waals surface area contributed by atoms with E-state index in [1.807, 2.05) is 49.6 Å². The largest absolute Gasteiger partial charge is 0.459 e. The molecular formula is C19H16ClN5O2S. The van der Waals surface area contributed by atoms with Gasteiger partial charge in [-0.1, -0.05) is 29.8 Å². The Balaban J connectivity index is 1.43. The molecule has 0 unspecified atom stereocenters. The van der Waals surface area contributed by atoms with Crippen molar-refractivity contribution in [2.45, 2.75) is 27.0 Å². The standard InChI is InChI=1S/C19H16ClN5O2S/c1-11-5-6-13-8-14(18(20)21-17(13)12(11)2)10-27-16(26)9-25-23-19(22-24-25)15-4-3-7-28-15/h3-8H,9-10H2,1-2H3. The number of benzene rings is 1. The van der Waals surface area contributed by atoms with Crippen molar-refractivity contribution < 1.29 is 9.53 Å². The zero-order valence-corrected chi connectivity index (χ0v) is 16.8. The molecule has 0 atom stereocenters. The number of esters is 1. The first-order valence-corrected chi connectivity index (χ1v) is 9.79. The quantitative estimate of drug-likeness (QED) is 0.363. The van der Waals surface area contributed by atoms with Gasteiger partial charge in [0, 0.05) is 10.9 Å². The number of nitrogens with zero attached hydrogens (tertiary/aromatic N) is 5. The Hall–Kier alpha value is -2.84. The fourth-order valence-corrected chi connectivity index (χ4v) is 3.58. The Bertz CT molecular complexity index is 1160. The lowest BCUT2D eigenvalue weighted by Crippen LogP contribution is -2.16. The average Bonchev–Trinajstić information content (AvgIpc) is 3.35. The van der Waals surface area contributed by atoms with Gasteiger partial charge in [0.1, 0.15) is 11.8 Å². The van der Waals surface area contributed by atoms with Gasteiger partial charge in [0.15, 0.2) is 6.54 Å². The Labute approximate surface area is 169 Å². The van der Waals surface area contributed by atoms with Crippen LogP contribution in [0.15, 0.2) is 35.7 Å². The third kappa shape index (κ3) is 3.74. The van der Waals surface area contributed by atoms with E-state index in [0.717, 1.165) is 26.9 Å². The van der Waals surface area contributed by atoms with Crippen molar-refractivity contribution in [2.24, 2.45) is 0 Å². The lowest BCUT2D eigenvalue weighted by molar-refractivity contribution is -0.146. The van der Waals surface area contributed by atoms with Gasteiger partial charge in [0.05, 0.1) is 10.4 Å². The number of pyridine rings is 1. The summed E-state index contributed by atoms with van der Waals surface area (Å²) in [7, 11) is 0. The smallest absolute Gasteiger partial charge is 0.330 e. The Kier molecular flexibility index (Phi) is 5.06. The second-order valence-electron chi connectivity index (χ2n) is 6.30. The highest BCUT2D eigenvalue weighted by Crippen LogP contribution is 2.25. The number of hydrogen-bond acceptors (Lipinski definition) is 7. The fourth-order valence-electron chi connectivity index (χ4n) is 2.74. The first-order valence-electron chi connectivity index (χ1n) is 8.54. The Morgan fingerprint density at radius 1 is 1.29 bits per heavy atom. The average molecular weight is 414 g/mol. The molecule has 3 aromatic heterocycles. The fraction of sp³-hybridized carbons (Fsp3) is 0.211. The first-order chi connectivity index (χ1) is 13.5. The van der Waals surface area contributed by atoms with E-state index < -0.39 is 5.97 Å². The van der Waals surface area contributed by atoms with E-state index in [0.29, 0.717) is 16.5 Å². The van der Waals surface area contributed by atoms with Gasteiger partial charge in [0.2, 0.25) is 5.82 Å². The van der Waals surface area contributed by atoms with Crippen LogP contribution in [0.2, 0.25) is 5.15 Å². The van der Waals surface area contributed by atoms with Crippen molar-refractivity contribution in [3.05, 3.63) is 57.6 Å². The van der Waals surface area contributed by atoms with Crippen molar-refractivity contribution in [3.63, 3.8) is 0 Å². The van der Waals surface area contributed by atoms with Crippen LogP contribution in [0.5, 0.6) is 0 Å². The molecule has 4 rings (SSSR count). The number of halogens is 1. The first kappa shape index (κ1) is 18.5. The van der Waals surface area contributed by atoms with Crippen LogP contribution < -0.4 is 0 Å². The zero-order valence-electron chi connectivity index (χ0n) is 15.2. The van der Waals surface area contributed by atoms with Gasteiger partial charge in [-0.15, -0.1) is 21.5 Å². The SMILES string of the molecule is Cc1ccc2cc(COC(=O)Cn3nnc(-c4cccs4)n3)c(Cl)nc2c1C. The highest BCUT2D eigenvalue weighted by atomic mass is 35.5. The molecule has 9 heteroatoms. The van der Waals surface area contributed by atoms with Crippen LogP contribution >= 0.6 is 22.9 Å².